The van der Waals surface area contributed by atoms with Crippen molar-refractivity contribution in [3.05, 3.63) is 62.9 Å². The van der Waals surface area contributed by atoms with Crippen molar-refractivity contribution >= 4 is 46.5 Å². The normalized spacial score (nSPS) is 18.0. The summed E-state index contributed by atoms with van der Waals surface area (Å²) in [5.74, 6) is -4.99. The fourth-order valence-electron chi connectivity index (χ4n) is 9.21. The van der Waals surface area contributed by atoms with Crippen LogP contribution in [-0.2, 0) is 82.4 Å². The molecule has 4 atom stereocenters. The van der Waals surface area contributed by atoms with Gasteiger partial charge in [-0.2, -0.15) is 0 Å². The van der Waals surface area contributed by atoms with Gasteiger partial charge in [0.2, 0.25) is 23.3 Å². The molecule has 1 fully saturated rings. The van der Waals surface area contributed by atoms with Gasteiger partial charge in [0.25, 0.3) is 5.56 Å². The average molecular weight is 976 g/mol. The zero-order chi connectivity index (χ0) is 50.5. The topological polar surface area (TPSA) is 249 Å². The third kappa shape index (κ3) is 12.4. The second-order valence-corrected chi connectivity index (χ2v) is 18.3. The lowest BCUT2D eigenvalue weighted by atomic mass is 9.85. The van der Waals surface area contributed by atoms with Gasteiger partial charge in [0.05, 0.1) is 81.7 Å². The lowest BCUT2D eigenvalue weighted by Gasteiger charge is -2.37. The van der Waals surface area contributed by atoms with Crippen LogP contribution in [0.1, 0.15) is 88.5 Å². The third-order valence-electron chi connectivity index (χ3n) is 12.9. The van der Waals surface area contributed by atoms with E-state index in [4.69, 9.17) is 39.1 Å². The van der Waals surface area contributed by atoms with Crippen LogP contribution in [0.5, 0.6) is 0 Å². The van der Waals surface area contributed by atoms with Crippen LogP contribution in [0.25, 0.3) is 22.3 Å². The minimum absolute atomic E-state index is 0.0143. The van der Waals surface area contributed by atoms with Crippen LogP contribution >= 0.6 is 0 Å². The number of aryl methyl sites for hydroxylation is 1. The summed E-state index contributed by atoms with van der Waals surface area (Å²) in [6.07, 6.45) is 1.19. The molecule has 0 unspecified atom stereocenters. The first-order chi connectivity index (χ1) is 33.6. The van der Waals surface area contributed by atoms with Gasteiger partial charge in [-0.15, -0.1) is 0 Å². The summed E-state index contributed by atoms with van der Waals surface area (Å²) in [7, 11) is 3.78. The number of para-hydroxylation sites is 1. The number of pyridine rings is 2. The van der Waals surface area contributed by atoms with Crippen LogP contribution in [0.2, 0.25) is 0 Å². The second kappa shape index (κ2) is 24.8. The highest BCUT2D eigenvalue weighted by molar-refractivity contribution is 5.96. The quantitative estimate of drug-likeness (QED) is 0.0463. The molecule has 0 saturated carbocycles. The summed E-state index contributed by atoms with van der Waals surface area (Å²) >= 11 is 0. The first-order valence-electron chi connectivity index (χ1n) is 24.4. The first kappa shape index (κ1) is 53.5. The molecule has 3 aliphatic rings. The van der Waals surface area contributed by atoms with Crippen LogP contribution in [0, 0.1) is 5.92 Å². The molecule has 3 amide bonds. The number of carbonyl (C=O) groups is 6. The number of ether oxygens (including phenoxy) is 6. The fraction of sp³-hybridized carbons (Fsp3) is 0.600. The number of aromatic nitrogens is 2. The molecule has 1 saturated heterocycles. The van der Waals surface area contributed by atoms with E-state index in [0.717, 1.165) is 22.0 Å². The average Bonchev–Trinajstić information content (AvgIpc) is 3.98. The summed E-state index contributed by atoms with van der Waals surface area (Å²) in [6, 6.07) is 5.70. The van der Waals surface area contributed by atoms with Crippen molar-refractivity contribution in [1.29, 1.82) is 0 Å². The predicted molar refractivity (Wildman–Crippen MR) is 256 cm³/mol. The Bertz CT molecular complexity index is 2440. The lowest BCUT2D eigenvalue weighted by molar-refractivity contribution is -0.191. The van der Waals surface area contributed by atoms with E-state index in [1.807, 2.05) is 50.2 Å². The summed E-state index contributed by atoms with van der Waals surface area (Å²) in [5, 5.41) is 6.42. The van der Waals surface area contributed by atoms with Crippen molar-refractivity contribution in [2.45, 2.75) is 110 Å². The molecule has 4 N–H and O–H groups in total. The van der Waals surface area contributed by atoms with E-state index in [9.17, 15) is 33.6 Å². The Morgan fingerprint density at radius 2 is 1.67 bits per heavy atom. The number of nitrogens with two attached hydrogens (primary N) is 1. The number of likely N-dealkylation sites (tertiary alicyclic amines) is 1. The van der Waals surface area contributed by atoms with Crippen molar-refractivity contribution < 1.29 is 57.2 Å². The maximum Gasteiger partial charge on any atom is 0.355 e. The maximum atomic E-state index is 14.4. The van der Waals surface area contributed by atoms with Crippen molar-refractivity contribution in [2.75, 3.05) is 80.0 Å². The monoisotopic (exact) mass is 975 g/mol. The molecule has 5 heterocycles. The largest absolute Gasteiger partial charge is 0.466 e. The van der Waals surface area contributed by atoms with Gasteiger partial charge in [0.15, 0.2) is 0 Å². The molecule has 20 nitrogen and oxygen atoms in total. The molecule has 70 heavy (non-hydrogen) atoms. The van der Waals surface area contributed by atoms with Gasteiger partial charge in [-0.05, 0) is 69.8 Å². The highest BCUT2D eigenvalue weighted by Gasteiger charge is 2.52. The molecular weight excluding hydrogens is 907 g/mol. The zero-order valence-electron chi connectivity index (χ0n) is 41.3. The Labute approximate surface area is 408 Å². The van der Waals surface area contributed by atoms with Crippen LogP contribution < -0.4 is 21.9 Å². The number of fused-ring (bicyclic) bond motifs is 5. The van der Waals surface area contributed by atoms with Crippen LogP contribution in [0.3, 0.4) is 0 Å². The van der Waals surface area contributed by atoms with Crippen LogP contribution in [-0.4, -0.2) is 153 Å². The number of benzene rings is 1. The summed E-state index contributed by atoms with van der Waals surface area (Å²) in [6.45, 7) is 10.0. The molecule has 0 aliphatic carbocycles. The predicted octanol–water partition coefficient (Wildman–Crippen LogP) is 2.09. The highest BCUT2D eigenvalue weighted by atomic mass is 16.6. The summed E-state index contributed by atoms with van der Waals surface area (Å²) in [4.78, 5) is 106. The molecule has 20 heteroatoms. The van der Waals surface area contributed by atoms with E-state index in [-0.39, 0.29) is 82.1 Å². The Balaban J connectivity index is 1.16. The number of rotatable bonds is 26. The molecule has 382 valence electrons. The van der Waals surface area contributed by atoms with Crippen LogP contribution in [0.4, 0.5) is 0 Å². The van der Waals surface area contributed by atoms with Crippen molar-refractivity contribution in [3.63, 3.8) is 0 Å². The number of cyclic esters (lactones) is 1. The molecule has 0 spiro atoms. The lowest BCUT2D eigenvalue weighted by Crippen LogP contribution is -2.57. The van der Waals surface area contributed by atoms with E-state index in [0.29, 0.717) is 63.6 Å². The van der Waals surface area contributed by atoms with Gasteiger partial charge >= 0.3 is 17.9 Å². The number of nitrogens with zero attached hydrogens (tertiary/aromatic N) is 4. The zero-order valence-corrected chi connectivity index (χ0v) is 41.3. The van der Waals surface area contributed by atoms with Crippen molar-refractivity contribution in [1.82, 2.24) is 30.0 Å². The van der Waals surface area contributed by atoms with Gasteiger partial charge in [-0.25, -0.2) is 14.6 Å². The SMILES string of the molecule is CCc1c2c(nc3ccccc13)-c1cc3c(c(=O)n1C2)COC(=O)[C@@]3(CC)OC(=O)[C@@H](NC(=O)[C@@H]1CCCN1C(=O)[C@H](CC(=O)OCCCN(C)C)NC(=O)CCOCCOCCOCCN)C(C)C. The molecule has 6 rings (SSSR count). The Morgan fingerprint density at radius 3 is 2.36 bits per heavy atom. The second-order valence-electron chi connectivity index (χ2n) is 18.3. The van der Waals surface area contributed by atoms with E-state index in [1.54, 1.807) is 31.4 Å². The minimum atomic E-state index is -2.04. The van der Waals surface area contributed by atoms with Crippen LogP contribution in [0.15, 0.2) is 35.1 Å². The molecule has 1 aromatic carbocycles. The fourth-order valence-corrected chi connectivity index (χ4v) is 9.21. The van der Waals surface area contributed by atoms with Gasteiger partial charge < -0.3 is 59.2 Å². The third-order valence-corrected chi connectivity index (χ3v) is 12.9. The standard InChI is InChI=1S/C50H69N7O13/c1-7-32-33-13-9-10-14-37(33)53-44-34(32)29-57-40(44)27-36-35(46(57)61)30-69-49(64)50(36,8-2)70-48(63)43(31(3)4)54-45(60)39-15-11-19-56(39)47(62)38(28-42(59)68-20-12-18-55(5)6)52-41(58)16-21-65-23-25-67-26-24-66-22-17-51/h9-10,13-14,27,31,38-39,43H,7-8,11-12,15-26,28-30,51H2,1-6H3,(H,52,58)(H,54,60)/t38-,39-,43-,50-/m0/s1. The first-order valence-corrected chi connectivity index (χ1v) is 24.4. The maximum absolute atomic E-state index is 14.4. The molecular formula is C50H69N7O13. The van der Waals surface area contributed by atoms with Gasteiger partial charge in [-0.3, -0.25) is 24.0 Å². The molecule has 0 bridgehead atoms. The molecule has 2 aromatic heterocycles. The molecule has 3 aliphatic heterocycles. The van der Waals surface area contributed by atoms with Gasteiger partial charge in [0, 0.05) is 42.6 Å². The number of carbonyl (C=O) groups excluding carboxylic acids is 6. The van der Waals surface area contributed by atoms with E-state index < -0.39 is 71.7 Å². The summed E-state index contributed by atoms with van der Waals surface area (Å²) < 4.78 is 35.0. The number of amides is 3. The minimum Gasteiger partial charge on any atom is -0.466 e. The number of hydrogen-bond donors (Lipinski definition) is 3. The summed E-state index contributed by atoms with van der Waals surface area (Å²) in [5.41, 5.74) is 7.18. The Morgan fingerprint density at radius 1 is 0.957 bits per heavy atom. The van der Waals surface area contributed by atoms with Gasteiger partial charge in [-0.1, -0.05) is 45.9 Å². The Hall–Kier alpha value is -5.80. The number of hydrogen-bond acceptors (Lipinski definition) is 16. The highest BCUT2D eigenvalue weighted by Crippen LogP contribution is 2.42. The smallest absolute Gasteiger partial charge is 0.355 e. The number of esters is 3. The van der Waals surface area contributed by atoms with E-state index in [1.165, 1.54) is 4.90 Å². The molecule has 0 radical (unpaired) electrons. The Kier molecular flexibility index (Phi) is 19.0. The molecule has 3 aromatic rings. The van der Waals surface area contributed by atoms with Crippen molar-refractivity contribution in [2.24, 2.45) is 11.7 Å². The van der Waals surface area contributed by atoms with E-state index >= 15 is 0 Å². The van der Waals surface area contributed by atoms with E-state index in [2.05, 4.69) is 10.6 Å². The number of nitrogens with one attached hydrogen (secondary N) is 2. The van der Waals surface area contributed by atoms with Crippen molar-refractivity contribution in [3.8, 4) is 11.4 Å². The van der Waals surface area contributed by atoms with Gasteiger partial charge in [0.1, 0.15) is 24.7 Å².